The number of pyridine rings is 2. The van der Waals surface area contributed by atoms with Crippen LogP contribution in [0.5, 0.6) is 0 Å². The highest BCUT2D eigenvalue weighted by atomic mass is 16.4. The number of aromatic carboxylic acids is 1. The minimum absolute atomic E-state index is 0.0409. The summed E-state index contributed by atoms with van der Waals surface area (Å²) in [5.74, 6) is -1.03. The lowest BCUT2D eigenvalue weighted by atomic mass is 10.0. The highest BCUT2D eigenvalue weighted by molar-refractivity contribution is 5.91. The smallest absolute Gasteiger partial charge is 0.354 e. The summed E-state index contributed by atoms with van der Waals surface area (Å²) in [4.78, 5) is 22.4. The van der Waals surface area contributed by atoms with Crippen LogP contribution in [0.25, 0.3) is 33.3 Å². The number of aromatic nitrogens is 3. The fourth-order valence-corrected chi connectivity index (χ4v) is 2.73. The lowest BCUT2D eigenvalue weighted by Crippen LogP contribution is -1.99. The molecule has 0 bridgehead atoms. The van der Waals surface area contributed by atoms with E-state index in [1.54, 1.807) is 18.5 Å². The zero-order chi connectivity index (χ0) is 16.5. The molecule has 0 aliphatic heterocycles. The van der Waals surface area contributed by atoms with E-state index in [4.69, 9.17) is 5.11 Å². The van der Waals surface area contributed by atoms with Gasteiger partial charge in [0, 0.05) is 40.8 Å². The van der Waals surface area contributed by atoms with Gasteiger partial charge in [0.1, 0.15) is 5.69 Å². The van der Waals surface area contributed by atoms with Crippen LogP contribution in [0, 0.1) is 0 Å². The van der Waals surface area contributed by atoms with E-state index in [1.807, 2.05) is 36.4 Å². The molecule has 0 spiro atoms. The molecule has 0 aliphatic carbocycles. The molecule has 0 fully saturated rings. The van der Waals surface area contributed by atoms with Crippen molar-refractivity contribution < 1.29 is 9.90 Å². The van der Waals surface area contributed by atoms with Crippen molar-refractivity contribution in [1.29, 1.82) is 0 Å². The van der Waals surface area contributed by atoms with Gasteiger partial charge in [-0.15, -0.1) is 0 Å². The quantitative estimate of drug-likeness (QED) is 0.599. The fourth-order valence-electron chi connectivity index (χ4n) is 2.73. The van der Waals surface area contributed by atoms with E-state index in [0.717, 1.165) is 33.3 Å². The second kappa shape index (κ2) is 5.62. The summed E-state index contributed by atoms with van der Waals surface area (Å²) in [5.41, 5.74) is 4.94. The van der Waals surface area contributed by atoms with Crippen molar-refractivity contribution in [3.8, 4) is 22.4 Å². The first-order chi connectivity index (χ1) is 11.7. The Kier molecular flexibility index (Phi) is 3.31. The standard InChI is InChI=1S/C19H13N3O2/c23-19(24)18-10-14(5-8-21-18)13-1-2-16-15(9-13)11-17(22-16)12-3-6-20-7-4-12/h1-11,22H,(H,23,24). The maximum absolute atomic E-state index is 11.1. The third-order valence-electron chi connectivity index (χ3n) is 3.92. The van der Waals surface area contributed by atoms with E-state index in [1.165, 1.54) is 6.20 Å². The Balaban J connectivity index is 1.79. The molecule has 1 aromatic carbocycles. The molecule has 5 nitrogen and oxygen atoms in total. The molecule has 4 aromatic rings. The van der Waals surface area contributed by atoms with Crippen LogP contribution in [0.3, 0.4) is 0 Å². The monoisotopic (exact) mass is 315 g/mol. The summed E-state index contributed by atoms with van der Waals surface area (Å²) in [7, 11) is 0. The molecular weight excluding hydrogens is 302 g/mol. The summed E-state index contributed by atoms with van der Waals surface area (Å²) in [5, 5.41) is 10.1. The number of aromatic amines is 1. The van der Waals surface area contributed by atoms with Crippen molar-refractivity contribution in [2.75, 3.05) is 0 Å². The highest BCUT2D eigenvalue weighted by Crippen LogP contribution is 2.28. The van der Waals surface area contributed by atoms with Crippen LogP contribution in [0.1, 0.15) is 10.5 Å². The van der Waals surface area contributed by atoms with E-state index >= 15 is 0 Å². The number of carbonyl (C=O) groups is 1. The molecule has 0 aliphatic rings. The Morgan fingerprint density at radius 3 is 2.42 bits per heavy atom. The maximum Gasteiger partial charge on any atom is 0.354 e. The lowest BCUT2D eigenvalue weighted by Gasteiger charge is -2.03. The van der Waals surface area contributed by atoms with Crippen LogP contribution in [0.15, 0.2) is 67.1 Å². The van der Waals surface area contributed by atoms with Gasteiger partial charge in [-0.05, 0) is 53.6 Å². The number of hydrogen-bond acceptors (Lipinski definition) is 3. The van der Waals surface area contributed by atoms with Gasteiger partial charge in [0.2, 0.25) is 0 Å². The number of rotatable bonds is 3. The van der Waals surface area contributed by atoms with Crippen LogP contribution in [0.4, 0.5) is 0 Å². The van der Waals surface area contributed by atoms with Crippen LogP contribution in [-0.2, 0) is 0 Å². The second-order valence-electron chi connectivity index (χ2n) is 5.46. The third kappa shape index (κ3) is 2.52. The minimum Gasteiger partial charge on any atom is -0.477 e. The SMILES string of the molecule is O=C(O)c1cc(-c2ccc3[nH]c(-c4ccncc4)cc3c2)ccn1. The van der Waals surface area contributed by atoms with Crippen molar-refractivity contribution in [2.45, 2.75) is 0 Å². The first kappa shape index (κ1) is 14.1. The molecule has 24 heavy (non-hydrogen) atoms. The normalized spacial score (nSPS) is 10.8. The van der Waals surface area contributed by atoms with Crippen LogP contribution in [0.2, 0.25) is 0 Å². The zero-order valence-electron chi connectivity index (χ0n) is 12.6. The molecular formula is C19H13N3O2. The van der Waals surface area contributed by atoms with Gasteiger partial charge in [-0.3, -0.25) is 4.98 Å². The molecule has 116 valence electrons. The predicted octanol–water partition coefficient (Wildman–Crippen LogP) is 3.99. The number of nitrogens with one attached hydrogen (secondary N) is 1. The number of benzene rings is 1. The van der Waals surface area contributed by atoms with E-state index in [0.29, 0.717) is 0 Å². The molecule has 0 unspecified atom stereocenters. The van der Waals surface area contributed by atoms with Crippen LogP contribution < -0.4 is 0 Å². The number of fused-ring (bicyclic) bond motifs is 1. The van der Waals surface area contributed by atoms with Crippen LogP contribution >= 0.6 is 0 Å². The highest BCUT2D eigenvalue weighted by Gasteiger charge is 2.08. The molecule has 3 heterocycles. The average Bonchev–Trinajstić information content (AvgIpc) is 3.06. The number of hydrogen-bond donors (Lipinski definition) is 2. The molecule has 3 aromatic heterocycles. The summed E-state index contributed by atoms with van der Waals surface area (Å²) < 4.78 is 0. The minimum atomic E-state index is -1.03. The van der Waals surface area contributed by atoms with Gasteiger partial charge in [0.05, 0.1) is 0 Å². The zero-order valence-corrected chi connectivity index (χ0v) is 12.6. The molecule has 0 amide bonds. The van der Waals surface area contributed by atoms with Gasteiger partial charge < -0.3 is 10.1 Å². The molecule has 0 saturated carbocycles. The number of H-pyrrole nitrogens is 1. The van der Waals surface area contributed by atoms with Gasteiger partial charge in [0.15, 0.2) is 0 Å². The summed E-state index contributed by atoms with van der Waals surface area (Å²) in [6, 6.07) is 15.4. The molecule has 5 heteroatoms. The Labute approximate surface area is 137 Å². The molecule has 4 rings (SSSR count). The van der Waals surface area contributed by atoms with Crippen molar-refractivity contribution in [3.05, 3.63) is 72.8 Å². The van der Waals surface area contributed by atoms with Gasteiger partial charge >= 0.3 is 5.97 Å². The van der Waals surface area contributed by atoms with E-state index in [2.05, 4.69) is 21.0 Å². The summed E-state index contributed by atoms with van der Waals surface area (Å²) in [6.07, 6.45) is 5.04. The van der Waals surface area contributed by atoms with Crippen LogP contribution in [-0.4, -0.2) is 26.0 Å². The number of nitrogens with zero attached hydrogens (tertiary/aromatic N) is 2. The Bertz CT molecular complexity index is 1040. The Morgan fingerprint density at radius 1 is 0.875 bits per heavy atom. The predicted molar refractivity (Wildman–Crippen MR) is 91.7 cm³/mol. The van der Waals surface area contributed by atoms with E-state index in [9.17, 15) is 4.79 Å². The van der Waals surface area contributed by atoms with Gasteiger partial charge in [-0.25, -0.2) is 9.78 Å². The fraction of sp³-hybridized carbons (Fsp3) is 0. The summed E-state index contributed by atoms with van der Waals surface area (Å²) in [6.45, 7) is 0. The van der Waals surface area contributed by atoms with Crippen molar-refractivity contribution in [3.63, 3.8) is 0 Å². The molecule has 0 saturated heterocycles. The average molecular weight is 315 g/mol. The number of carboxylic acid groups (broad SMARTS) is 1. The maximum atomic E-state index is 11.1. The van der Waals surface area contributed by atoms with Crippen molar-refractivity contribution >= 4 is 16.9 Å². The van der Waals surface area contributed by atoms with Gasteiger partial charge in [0.25, 0.3) is 0 Å². The third-order valence-corrected chi connectivity index (χ3v) is 3.92. The van der Waals surface area contributed by atoms with E-state index < -0.39 is 5.97 Å². The number of carboxylic acids is 1. The van der Waals surface area contributed by atoms with E-state index in [-0.39, 0.29) is 5.69 Å². The summed E-state index contributed by atoms with van der Waals surface area (Å²) >= 11 is 0. The molecule has 0 radical (unpaired) electrons. The van der Waals surface area contributed by atoms with Crippen molar-refractivity contribution in [2.24, 2.45) is 0 Å². The largest absolute Gasteiger partial charge is 0.477 e. The topological polar surface area (TPSA) is 78.9 Å². The van der Waals surface area contributed by atoms with Gasteiger partial charge in [-0.1, -0.05) is 6.07 Å². The molecule has 2 N–H and O–H groups in total. The second-order valence-corrected chi connectivity index (χ2v) is 5.46. The van der Waals surface area contributed by atoms with Crippen molar-refractivity contribution in [1.82, 2.24) is 15.0 Å². The first-order valence-corrected chi connectivity index (χ1v) is 7.43. The molecule has 0 atom stereocenters. The Morgan fingerprint density at radius 2 is 1.62 bits per heavy atom. The first-order valence-electron chi connectivity index (χ1n) is 7.43. The lowest BCUT2D eigenvalue weighted by molar-refractivity contribution is 0.0690. The van der Waals surface area contributed by atoms with Gasteiger partial charge in [-0.2, -0.15) is 0 Å². The Hall–Kier alpha value is -3.47.